The maximum atomic E-state index is 11.8. The lowest BCUT2D eigenvalue weighted by Gasteiger charge is -2.70. The van der Waals surface area contributed by atoms with Crippen LogP contribution in [0.25, 0.3) is 0 Å². The van der Waals surface area contributed by atoms with Gasteiger partial charge in [0, 0.05) is 18.6 Å². The van der Waals surface area contributed by atoms with Crippen LogP contribution in [0, 0.1) is 11.3 Å². The largest absolute Gasteiger partial charge is 0.444 e. The van der Waals surface area contributed by atoms with Gasteiger partial charge in [-0.15, -0.1) is 0 Å². The Bertz CT molecular complexity index is 360. The van der Waals surface area contributed by atoms with Crippen LogP contribution >= 0.6 is 0 Å². The lowest BCUT2D eigenvalue weighted by atomic mass is 9.38. The van der Waals surface area contributed by atoms with Crippen molar-refractivity contribution in [2.24, 2.45) is 17.1 Å². The van der Waals surface area contributed by atoms with Gasteiger partial charge in [-0.2, -0.15) is 0 Å². The molecule has 0 aromatic carbocycles. The van der Waals surface area contributed by atoms with Crippen LogP contribution in [0.2, 0.25) is 0 Å². The van der Waals surface area contributed by atoms with E-state index in [9.17, 15) is 4.79 Å². The molecule has 1 heterocycles. The highest BCUT2D eigenvalue weighted by Gasteiger charge is 2.66. The second-order valence-corrected chi connectivity index (χ2v) is 7.85. The number of rotatable bonds is 2. The molecule has 4 nitrogen and oxygen atoms in total. The Hall–Kier alpha value is -0.770. The molecule has 4 rings (SSSR count). The average molecular weight is 252 g/mol. The topological polar surface area (TPSA) is 55.6 Å². The fourth-order valence-corrected chi connectivity index (χ4v) is 4.09. The zero-order valence-electron chi connectivity index (χ0n) is 11.7. The third-order valence-electron chi connectivity index (χ3n) is 4.51. The van der Waals surface area contributed by atoms with Crippen molar-refractivity contribution in [3.05, 3.63) is 0 Å². The van der Waals surface area contributed by atoms with Crippen LogP contribution in [-0.4, -0.2) is 35.2 Å². The summed E-state index contributed by atoms with van der Waals surface area (Å²) in [6.07, 6.45) is 4.73. The van der Waals surface area contributed by atoms with E-state index in [1.54, 1.807) is 0 Å². The highest BCUT2D eigenvalue weighted by molar-refractivity contribution is 5.69. The summed E-state index contributed by atoms with van der Waals surface area (Å²) in [7, 11) is 0. The molecular weight excluding hydrogens is 228 g/mol. The standard InChI is InChI=1S/C14H24N2O2/c1-12(2,3)18-11(17)16-5-10(6-16)4-13-7-14(15,8-13)9-13/h10H,4-9,15H2,1-3H3. The molecular formula is C14H24N2O2. The van der Waals surface area contributed by atoms with Crippen LogP contribution in [0.4, 0.5) is 4.79 Å². The Morgan fingerprint density at radius 1 is 1.33 bits per heavy atom. The number of nitrogens with two attached hydrogens (primary N) is 1. The Labute approximate surface area is 109 Å². The van der Waals surface area contributed by atoms with Crippen molar-refractivity contribution in [1.82, 2.24) is 4.90 Å². The van der Waals surface area contributed by atoms with E-state index in [1.165, 1.54) is 25.7 Å². The molecule has 4 heteroatoms. The lowest BCUT2D eigenvalue weighted by Crippen LogP contribution is -2.73. The van der Waals surface area contributed by atoms with E-state index in [-0.39, 0.29) is 17.2 Å². The fourth-order valence-electron chi connectivity index (χ4n) is 4.09. The maximum Gasteiger partial charge on any atom is 0.410 e. The third-order valence-corrected chi connectivity index (χ3v) is 4.51. The molecule has 0 radical (unpaired) electrons. The molecule has 1 saturated heterocycles. The minimum absolute atomic E-state index is 0.161. The lowest BCUT2D eigenvalue weighted by molar-refractivity contribution is -0.154. The van der Waals surface area contributed by atoms with Gasteiger partial charge in [-0.05, 0) is 57.8 Å². The molecule has 3 saturated carbocycles. The number of hydrogen-bond acceptors (Lipinski definition) is 3. The van der Waals surface area contributed by atoms with E-state index in [0.29, 0.717) is 11.3 Å². The van der Waals surface area contributed by atoms with Gasteiger partial charge in [-0.3, -0.25) is 0 Å². The smallest absolute Gasteiger partial charge is 0.410 e. The number of carbonyl (C=O) groups is 1. The molecule has 18 heavy (non-hydrogen) atoms. The summed E-state index contributed by atoms with van der Waals surface area (Å²) >= 11 is 0. The monoisotopic (exact) mass is 252 g/mol. The van der Waals surface area contributed by atoms with Gasteiger partial charge in [-0.25, -0.2) is 4.79 Å². The Balaban J connectivity index is 1.40. The Kier molecular flexibility index (Phi) is 2.32. The van der Waals surface area contributed by atoms with Gasteiger partial charge >= 0.3 is 6.09 Å². The molecule has 0 aromatic rings. The quantitative estimate of drug-likeness (QED) is 0.819. The molecule has 102 valence electrons. The fraction of sp³-hybridized carbons (Fsp3) is 0.929. The number of ether oxygens (including phenoxy) is 1. The molecule has 0 atom stereocenters. The summed E-state index contributed by atoms with van der Waals surface area (Å²) in [5, 5.41) is 0. The van der Waals surface area contributed by atoms with Gasteiger partial charge < -0.3 is 15.4 Å². The van der Waals surface area contributed by atoms with E-state index < -0.39 is 0 Å². The van der Waals surface area contributed by atoms with Crippen molar-refractivity contribution >= 4 is 6.09 Å². The third kappa shape index (κ3) is 2.00. The van der Waals surface area contributed by atoms with Crippen LogP contribution in [0.1, 0.15) is 46.5 Å². The summed E-state index contributed by atoms with van der Waals surface area (Å²) in [5.74, 6) is 0.669. The number of nitrogens with zero attached hydrogens (tertiary/aromatic N) is 1. The van der Waals surface area contributed by atoms with Crippen molar-refractivity contribution in [2.45, 2.75) is 57.6 Å². The molecule has 1 amide bonds. The average Bonchev–Trinajstić information content (AvgIpc) is 2.01. The van der Waals surface area contributed by atoms with Crippen LogP contribution < -0.4 is 5.73 Å². The van der Waals surface area contributed by atoms with Crippen molar-refractivity contribution in [3.63, 3.8) is 0 Å². The second-order valence-electron chi connectivity index (χ2n) is 7.85. The summed E-state index contributed by atoms with van der Waals surface area (Å²) < 4.78 is 5.35. The summed E-state index contributed by atoms with van der Waals surface area (Å²) in [6, 6.07) is 0. The van der Waals surface area contributed by atoms with Crippen molar-refractivity contribution in [1.29, 1.82) is 0 Å². The van der Waals surface area contributed by atoms with Gasteiger partial charge in [0.05, 0.1) is 0 Å². The highest BCUT2D eigenvalue weighted by atomic mass is 16.6. The van der Waals surface area contributed by atoms with E-state index in [0.717, 1.165) is 13.1 Å². The van der Waals surface area contributed by atoms with Gasteiger partial charge in [0.2, 0.25) is 0 Å². The van der Waals surface area contributed by atoms with Gasteiger partial charge in [0.15, 0.2) is 0 Å². The van der Waals surface area contributed by atoms with Crippen LogP contribution in [0.15, 0.2) is 0 Å². The van der Waals surface area contributed by atoms with Crippen molar-refractivity contribution in [3.8, 4) is 0 Å². The number of hydrogen-bond donors (Lipinski definition) is 1. The normalized spacial score (nSPS) is 38.6. The molecule has 0 aromatic heterocycles. The minimum Gasteiger partial charge on any atom is -0.444 e. The number of likely N-dealkylation sites (tertiary alicyclic amines) is 1. The summed E-state index contributed by atoms with van der Waals surface area (Å²) in [5.41, 5.74) is 6.44. The first-order valence-corrected chi connectivity index (χ1v) is 6.96. The van der Waals surface area contributed by atoms with E-state index in [2.05, 4.69) is 0 Å². The van der Waals surface area contributed by atoms with Gasteiger partial charge in [0.1, 0.15) is 5.60 Å². The molecule has 0 unspecified atom stereocenters. The predicted molar refractivity (Wildman–Crippen MR) is 69.1 cm³/mol. The van der Waals surface area contributed by atoms with E-state index >= 15 is 0 Å². The number of amides is 1. The summed E-state index contributed by atoms with van der Waals surface area (Å²) in [4.78, 5) is 13.6. The first-order valence-electron chi connectivity index (χ1n) is 6.96. The summed E-state index contributed by atoms with van der Waals surface area (Å²) in [6.45, 7) is 7.46. The molecule has 3 aliphatic carbocycles. The predicted octanol–water partition coefficient (Wildman–Crippen LogP) is 2.12. The second kappa shape index (κ2) is 3.41. The SMILES string of the molecule is CC(C)(C)OC(=O)N1CC(CC23CC(N)(C2)C3)C1. The molecule has 4 aliphatic rings. The van der Waals surface area contributed by atoms with Crippen LogP contribution in [-0.2, 0) is 4.74 Å². The van der Waals surface area contributed by atoms with E-state index in [1.807, 2.05) is 25.7 Å². The number of carbonyl (C=O) groups excluding carboxylic acids is 1. The van der Waals surface area contributed by atoms with Crippen molar-refractivity contribution < 1.29 is 9.53 Å². The van der Waals surface area contributed by atoms with Crippen LogP contribution in [0.5, 0.6) is 0 Å². The first kappa shape index (κ1) is 12.3. The van der Waals surface area contributed by atoms with Gasteiger partial charge in [-0.1, -0.05) is 0 Å². The zero-order valence-corrected chi connectivity index (χ0v) is 11.7. The molecule has 2 bridgehead atoms. The Morgan fingerprint density at radius 3 is 2.33 bits per heavy atom. The van der Waals surface area contributed by atoms with Gasteiger partial charge in [0.25, 0.3) is 0 Å². The van der Waals surface area contributed by atoms with Crippen LogP contribution in [0.3, 0.4) is 0 Å². The van der Waals surface area contributed by atoms with Crippen molar-refractivity contribution in [2.75, 3.05) is 13.1 Å². The minimum atomic E-state index is -0.387. The zero-order chi connectivity index (χ0) is 13.2. The first-order chi connectivity index (χ1) is 8.19. The molecule has 4 fully saturated rings. The highest BCUT2D eigenvalue weighted by Crippen LogP contribution is 2.68. The van der Waals surface area contributed by atoms with E-state index in [4.69, 9.17) is 10.5 Å². The maximum absolute atomic E-state index is 11.8. The Morgan fingerprint density at radius 2 is 1.89 bits per heavy atom. The molecule has 0 spiro atoms. The molecule has 2 N–H and O–H groups in total. The molecule has 1 aliphatic heterocycles.